The lowest BCUT2D eigenvalue weighted by Crippen LogP contribution is -1.95. The lowest BCUT2D eigenvalue weighted by atomic mass is 10.1. The molecule has 0 saturated carbocycles. The molecule has 0 aliphatic rings. The monoisotopic (exact) mass is 283 g/mol. The maximum absolute atomic E-state index is 13.7. The van der Waals surface area contributed by atoms with E-state index in [9.17, 15) is 4.39 Å². The van der Waals surface area contributed by atoms with E-state index in [-0.39, 0.29) is 5.75 Å². The molecule has 0 amide bonds. The van der Waals surface area contributed by atoms with Crippen LogP contribution in [0, 0.1) is 5.82 Å². The van der Waals surface area contributed by atoms with Crippen LogP contribution in [0.3, 0.4) is 0 Å². The van der Waals surface area contributed by atoms with Gasteiger partial charge in [0.15, 0.2) is 11.6 Å². The van der Waals surface area contributed by atoms with Gasteiger partial charge in [-0.3, -0.25) is 4.98 Å². The van der Waals surface area contributed by atoms with E-state index in [0.717, 1.165) is 16.6 Å². The van der Waals surface area contributed by atoms with Crippen LogP contribution in [0.25, 0.3) is 10.9 Å². The number of benzene rings is 2. The van der Waals surface area contributed by atoms with Gasteiger partial charge < -0.3 is 15.8 Å². The van der Waals surface area contributed by atoms with E-state index in [0.29, 0.717) is 11.4 Å². The minimum Gasteiger partial charge on any atom is -0.494 e. The molecule has 4 nitrogen and oxygen atoms in total. The van der Waals surface area contributed by atoms with Crippen molar-refractivity contribution in [3.63, 3.8) is 0 Å². The van der Waals surface area contributed by atoms with Crippen molar-refractivity contribution < 1.29 is 9.13 Å². The third kappa shape index (κ3) is 2.58. The van der Waals surface area contributed by atoms with Gasteiger partial charge in [0.1, 0.15) is 0 Å². The number of ether oxygens (including phenoxy) is 1. The molecule has 0 unspecified atom stereocenters. The molecule has 21 heavy (non-hydrogen) atoms. The standard InChI is InChI=1S/C16H14FN3O/c1-21-16-5-3-11(9-13(16)17)20-14-6-7-19-15-8-10(18)2-4-12(14)15/h2-9H,18H2,1H3,(H,19,20). The Morgan fingerprint density at radius 1 is 1.14 bits per heavy atom. The summed E-state index contributed by atoms with van der Waals surface area (Å²) in [7, 11) is 1.44. The first-order chi connectivity index (χ1) is 10.2. The average molecular weight is 283 g/mol. The number of rotatable bonds is 3. The Morgan fingerprint density at radius 2 is 2.00 bits per heavy atom. The van der Waals surface area contributed by atoms with Gasteiger partial charge in [-0.15, -0.1) is 0 Å². The van der Waals surface area contributed by atoms with E-state index in [1.807, 2.05) is 18.2 Å². The SMILES string of the molecule is COc1ccc(Nc2ccnc3cc(N)ccc23)cc1F. The van der Waals surface area contributed by atoms with Gasteiger partial charge in [-0.25, -0.2) is 4.39 Å². The zero-order valence-corrected chi connectivity index (χ0v) is 11.4. The molecule has 1 heterocycles. The van der Waals surface area contributed by atoms with Crippen molar-refractivity contribution in [3.8, 4) is 5.75 Å². The molecular weight excluding hydrogens is 269 g/mol. The number of nitrogens with one attached hydrogen (secondary N) is 1. The van der Waals surface area contributed by atoms with Crippen molar-refractivity contribution in [2.45, 2.75) is 0 Å². The van der Waals surface area contributed by atoms with Crippen molar-refractivity contribution in [1.82, 2.24) is 4.98 Å². The third-order valence-corrected chi connectivity index (χ3v) is 3.20. The molecule has 3 aromatic rings. The fourth-order valence-electron chi connectivity index (χ4n) is 2.17. The average Bonchev–Trinajstić information content (AvgIpc) is 2.47. The Bertz CT molecular complexity index is 805. The zero-order chi connectivity index (χ0) is 14.8. The second kappa shape index (κ2) is 5.28. The first-order valence-electron chi connectivity index (χ1n) is 6.42. The number of methoxy groups -OCH3 is 1. The summed E-state index contributed by atoms with van der Waals surface area (Å²) in [4.78, 5) is 4.28. The summed E-state index contributed by atoms with van der Waals surface area (Å²) in [6.07, 6.45) is 1.68. The summed E-state index contributed by atoms with van der Waals surface area (Å²) in [6, 6.07) is 12.1. The Labute approximate surface area is 121 Å². The molecular formula is C16H14FN3O. The van der Waals surface area contributed by atoms with E-state index in [2.05, 4.69) is 10.3 Å². The lowest BCUT2D eigenvalue weighted by Gasteiger charge is -2.11. The molecule has 0 aliphatic carbocycles. The summed E-state index contributed by atoms with van der Waals surface area (Å²) < 4.78 is 18.6. The molecule has 3 N–H and O–H groups in total. The van der Waals surface area contributed by atoms with Crippen LogP contribution in [0.15, 0.2) is 48.7 Å². The summed E-state index contributed by atoms with van der Waals surface area (Å²) in [5.41, 5.74) is 8.67. The highest BCUT2D eigenvalue weighted by molar-refractivity contribution is 5.94. The van der Waals surface area contributed by atoms with E-state index in [1.165, 1.54) is 13.2 Å². The minimum atomic E-state index is -0.412. The van der Waals surface area contributed by atoms with Crippen molar-refractivity contribution in [2.24, 2.45) is 0 Å². The van der Waals surface area contributed by atoms with E-state index in [4.69, 9.17) is 10.5 Å². The lowest BCUT2D eigenvalue weighted by molar-refractivity contribution is 0.386. The van der Waals surface area contributed by atoms with Gasteiger partial charge in [0.05, 0.1) is 12.6 Å². The van der Waals surface area contributed by atoms with Gasteiger partial charge in [-0.2, -0.15) is 0 Å². The van der Waals surface area contributed by atoms with Crippen LogP contribution in [-0.4, -0.2) is 12.1 Å². The zero-order valence-electron chi connectivity index (χ0n) is 11.4. The molecule has 0 spiro atoms. The Balaban J connectivity index is 2.00. The smallest absolute Gasteiger partial charge is 0.167 e. The summed E-state index contributed by atoms with van der Waals surface area (Å²) in [5.74, 6) is -0.196. The maximum atomic E-state index is 13.7. The van der Waals surface area contributed by atoms with Gasteiger partial charge in [0.2, 0.25) is 0 Å². The van der Waals surface area contributed by atoms with Crippen LogP contribution in [0.4, 0.5) is 21.5 Å². The molecule has 2 aromatic carbocycles. The van der Waals surface area contributed by atoms with Crippen LogP contribution >= 0.6 is 0 Å². The second-order valence-electron chi connectivity index (χ2n) is 4.61. The molecule has 0 atom stereocenters. The number of hydrogen-bond donors (Lipinski definition) is 2. The predicted molar refractivity (Wildman–Crippen MR) is 82.4 cm³/mol. The van der Waals surface area contributed by atoms with Crippen LogP contribution in [0.5, 0.6) is 5.75 Å². The number of anilines is 3. The quantitative estimate of drug-likeness (QED) is 0.719. The van der Waals surface area contributed by atoms with Crippen molar-refractivity contribution >= 4 is 28.0 Å². The number of pyridine rings is 1. The molecule has 0 radical (unpaired) electrons. The van der Waals surface area contributed by atoms with Crippen molar-refractivity contribution in [2.75, 3.05) is 18.2 Å². The van der Waals surface area contributed by atoms with Gasteiger partial charge in [-0.1, -0.05) is 0 Å². The largest absolute Gasteiger partial charge is 0.494 e. The normalized spacial score (nSPS) is 10.6. The van der Waals surface area contributed by atoms with Gasteiger partial charge in [0.25, 0.3) is 0 Å². The highest BCUT2D eigenvalue weighted by atomic mass is 19.1. The van der Waals surface area contributed by atoms with Crippen molar-refractivity contribution in [3.05, 3.63) is 54.5 Å². The first-order valence-corrected chi connectivity index (χ1v) is 6.42. The minimum absolute atomic E-state index is 0.216. The highest BCUT2D eigenvalue weighted by Crippen LogP contribution is 2.28. The molecule has 5 heteroatoms. The molecule has 106 valence electrons. The maximum Gasteiger partial charge on any atom is 0.167 e. The second-order valence-corrected chi connectivity index (χ2v) is 4.61. The number of fused-ring (bicyclic) bond motifs is 1. The number of aromatic nitrogens is 1. The van der Waals surface area contributed by atoms with Crippen LogP contribution in [0.2, 0.25) is 0 Å². The highest BCUT2D eigenvalue weighted by Gasteiger charge is 2.06. The summed E-state index contributed by atoms with van der Waals surface area (Å²) in [5, 5.41) is 4.10. The summed E-state index contributed by atoms with van der Waals surface area (Å²) >= 11 is 0. The Morgan fingerprint density at radius 3 is 2.76 bits per heavy atom. The molecule has 0 saturated heterocycles. The van der Waals surface area contributed by atoms with E-state index < -0.39 is 5.82 Å². The topological polar surface area (TPSA) is 60.2 Å². The number of hydrogen-bond acceptors (Lipinski definition) is 4. The number of nitrogens with two attached hydrogens (primary N) is 1. The fourth-order valence-corrected chi connectivity index (χ4v) is 2.17. The molecule has 1 aromatic heterocycles. The molecule has 0 fully saturated rings. The molecule has 0 aliphatic heterocycles. The molecule has 0 bridgehead atoms. The number of halogens is 1. The van der Waals surface area contributed by atoms with E-state index >= 15 is 0 Å². The first kappa shape index (κ1) is 13.2. The Hall–Kier alpha value is -2.82. The van der Waals surface area contributed by atoms with Gasteiger partial charge >= 0.3 is 0 Å². The van der Waals surface area contributed by atoms with E-state index in [1.54, 1.807) is 24.4 Å². The van der Waals surface area contributed by atoms with Crippen LogP contribution < -0.4 is 15.8 Å². The summed E-state index contributed by atoms with van der Waals surface area (Å²) in [6.45, 7) is 0. The Kier molecular flexibility index (Phi) is 3.31. The number of nitrogens with zero attached hydrogens (tertiary/aromatic N) is 1. The van der Waals surface area contributed by atoms with Gasteiger partial charge in [0, 0.05) is 34.7 Å². The van der Waals surface area contributed by atoms with Crippen LogP contribution in [-0.2, 0) is 0 Å². The fraction of sp³-hybridized carbons (Fsp3) is 0.0625. The van der Waals surface area contributed by atoms with Crippen LogP contribution in [0.1, 0.15) is 0 Å². The molecule has 3 rings (SSSR count). The van der Waals surface area contributed by atoms with Crippen molar-refractivity contribution in [1.29, 1.82) is 0 Å². The third-order valence-electron chi connectivity index (χ3n) is 3.20. The number of nitrogen functional groups attached to an aromatic ring is 1. The predicted octanol–water partition coefficient (Wildman–Crippen LogP) is 3.71. The van der Waals surface area contributed by atoms with Gasteiger partial charge in [-0.05, 0) is 36.4 Å².